The summed E-state index contributed by atoms with van der Waals surface area (Å²) >= 11 is 4.53. The smallest absolute Gasteiger partial charge is 0.132 e. The van der Waals surface area contributed by atoms with Crippen molar-refractivity contribution in [3.05, 3.63) is 13.7 Å². The summed E-state index contributed by atoms with van der Waals surface area (Å²) < 4.78 is 4.34. The minimum absolute atomic E-state index is 0.323. The number of hydrogen-bond acceptors (Lipinski definition) is 3. The fraction of sp³-hybridized carbons (Fsp3) is 0.636. The molecule has 0 bridgehead atoms. The Balaban J connectivity index is 1.99. The lowest BCUT2D eigenvalue weighted by molar-refractivity contribution is 0.352. The Hall–Kier alpha value is 0.120. The van der Waals surface area contributed by atoms with Crippen LogP contribution in [0.4, 0.5) is 0 Å². The van der Waals surface area contributed by atoms with Gasteiger partial charge in [-0.2, -0.15) is 5.26 Å². The zero-order valence-corrected chi connectivity index (χ0v) is 13.7. The second kappa shape index (κ2) is 5.40. The van der Waals surface area contributed by atoms with Gasteiger partial charge in [-0.15, -0.1) is 0 Å². The minimum Gasteiger partial charge on any atom is -0.325 e. The van der Waals surface area contributed by atoms with Gasteiger partial charge in [0, 0.05) is 6.54 Å². The van der Waals surface area contributed by atoms with Gasteiger partial charge in [0.15, 0.2) is 0 Å². The van der Waals surface area contributed by atoms with Crippen molar-refractivity contribution in [1.29, 1.82) is 5.26 Å². The highest BCUT2D eigenvalue weighted by Gasteiger charge is 2.39. The van der Waals surface area contributed by atoms with Gasteiger partial charge in [-0.1, -0.05) is 6.42 Å². The lowest BCUT2D eigenvalue weighted by atomic mass is 9.87. The van der Waals surface area contributed by atoms with Gasteiger partial charge >= 0.3 is 0 Å². The number of hydrogen-bond donors (Lipinski definition) is 1. The molecule has 1 aromatic rings. The molecule has 0 radical (unpaired) electrons. The maximum Gasteiger partial charge on any atom is 0.132 e. The normalized spacial score (nSPS) is 28.2. The van der Waals surface area contributed by atoms with E-state index >= 15 is 0 Å². The summed E-state index contributed by atoms with van der Waals surface area (Å²) in [5.74, 6) is 0.323. The van der Waals surface area contributed by atoms with Crippen LogP contribution in [0.5, 0.6) is 0 Å². The maximum atomic E-state index is 9.15. The van der Waals surface area contributed by atoms with Gasteiger partial charge in [-0.05, 0) is 70.4 Å². The number of nitrogens with zero attached hydrogens (tertiary/aromatic N) is 3. The van der Waals surface area contributed by atoms with Gasteiger partial charge in [0.2, 0.25) is 0 Å². The zero-order valence-electron chi connectivity index (χ0n) is 9.37. The standard InChI is InChI=1S/C11H14I2N4/c12-9-10(13)17(7-16-9)5-3-8-2-1-4-11(8,15)6-14/h7-8H,1-5,15H2. The maximum absolute atomic E-state index is 9.15. The van der Waals surface area contributed by atoms with E-state index in [9.17, 15) is 0 Å². The topological polar surface area (TPSA) is 67.6 Å². The highest BCUT2D eigenvalue weighted by molar-refractivity contribution is 14.1. The van der Waals surface area contributed by atoms with Crippen LogP contribution in [0.3, 0.4) is 0 Å². The number of aryl methyl sites for hydroxylation is 1. The number of halogens is 2. The SMILES string of the molecule is N#CC1(N)CCCC1CCn1cnc(I)c1I. The summed E-state index contributed by atoms with van der Waals surface area (Å²) in [6, 6.07) is 2.30. The summed E-state index contributed by atoms with van der Waals surface area (Å²) in [5, 5.41) is 9.15. The van der Waals surface area contributed by atoms with Crippen molar-refractivity contribution >= 4 is 45.2 Å². The molecule has 1 fully saturated rings. The molecule has 4 nitrogen and oxygen atoms in total. The van der Waals surface area contributed by atoms with Crippen LogP contribution in [0.25, 0.3) is 0 Å². The lowest BCUT2D eigenvalue weighted by Crippen LogP contribution is -2.42. The average molecular weight is 456 g/mol. The van der Waals surface area contributed by atoms with Crippen molar-refractivity contribution in [2.75, 3.05) is 0 Å². The van der Waals surface area contributed by atoms with Gasteiger partial charge in [0.25, 0.3) is 0 Å². The van der Waals surface area contributed by atoms with E-state index in [1.54, 1.807) is 0 Å². The molecule has 1 saturated carbocycles. The predicted molar refractivity (Wildman–Crippen MR) is 82.2 cm³/mol. The third-order valence-corrected chi connectivity index (χ3v) is 6.48. The molecule has 17 heavy (non-hydrogen) atoms. The molecule has 1 aliphatic carbocycles. The van der Waals surface area contributed by atoms with Crippen molar-refractivity contribution in [2.24, 2.45) is 11.7 Å². The Morgan fingerprint density at radius 1 is 1.65 bits per heavy atom. The Bertz CT molecular complexity index is 451. The van der Waals surface area contributed by atoms with E-state index in [0.717, 1.165) is 35.9 Å². The lowest BCUT2D eigenvalue weighted by Gasteiger charge is -2.23. The molecule has 92 valence electrons. The zero-order chi connectivity index (χ0) is 12.5. The van der Waals surface area contributed by atoms with Gasteiger partial charge in [0.05, 0.1) is 12.4 Å². The molecule has 1 aliphatic rings. The van der Waals surface area contributed by atoms with Crippen molar-refractivity contribution in [3.8, 4) is 6.07 Å². The molecule has 0 spiro atoms. The Morgan fingerprint density at radius 3 is 3.00 bits per heavy atom. The third-order valence-electron chi connectivity index (χ3n) is 3.53. The van der Waals surface area contributed by atoms with Gasteiger partial charge < -0.3 is 10.3 Å². The molecule has 0 amide bonds. The number of nitriles is 1. The molecule has 0 aromatic carbocycles. The molecule has 0 saturated heterocycles. The summed E-state index contributed by atoms with van der Waals surface area (Å²) in [5.41, 5.74) is 5.52. The number of nitrogens with two attached hydrogens (primary N) is 1. The Morgan fingerprint density at radius 2 is 2.41 bits per heavy atom. The largest absolute Gasteiger partial charge is 0.325 e. The van der Waals surface area contributed by atoms with Crippen LogP contribution >= 0.6 is 45.2 Å². The summed E-state index contributed by atoms with van der Waals surface area (Å²) in [7, 11) is 0. The van der Waals surface area contributed by atoms with Gasteiger partial charge in [0.1, 0.15) is 12.9 Å². The van der Waals surface area contributed by atoms with Crippen molar-refractivity contribution in [3.63, 3.8) is 0 Å². The molecular formula is C11H14I2N4. The first-order chi connectivity index (χ1) is 8.07. The van der Waals surface area contributed by atoms with E-state index < -0.39 is 5.54 Å². The van der Waals surface area contributed by atoms with Crippen LogP contribution in [-0.4, -0.2) is 15.1 Å². The van der Waals surface area contributed by atoms with E-state index in [1.165, 1.54) is 3.70 Å². The molecule has 2 rings (SSSR count). The van der Waals surface area contributed by atoms with Crippen LogP contribution in [-0.2, 0) is 6.54 Å². The summed E-state index contributed by atoms with van der Waals surface area (Å²) in [6.45, 7) is 0.902. The highest BCUT2D eigenvalue weighted by atomic mass is 127. The van der Waals surface area contributed by atoms with Gasteiger partial charge in [-0.3, -0.25) is 0 Å². The van der Waals surface area contributed by atoms with E-state index in [4.69, 9.17) is 11.0 Å². The van der Waals surface area contributed by atoms with E-state index in [-0.39, 0.29) is 0 Å². The molecule has 1 heterocycles. The van der Waals surface area contributed by atoms with E-state index in [0.29, 0.717) is 5.92 Å². The number of aromatic nitrogens is 2. The molecule has 0 aliphatic heterocycles. The molecule has 2 unspecified atom stereocenters. The average Bonchev–Trinajstić information content (AvgIpc) is 2.84. The first-order valence-electron chi connectivity index (χ1n) is 5.63. The van der Waals surface area contributed by atoms with Gasteiger partial charge in [-0.25, -0.2) is 4.98 Å². The van der Waals surface area contributed by atoms with Crippen LogP contribution < -0.4 is 5.73 Å². The van der Waals surface area contributed by atoms with Crippen LogP contribution in [0.2, 0.25) is 0 Å². The summed E-state index contributed by atoms with van der Waals surface area (Å²) in [6.07, 6.45) is 5.82. The first-order valence-corrected chi connectivity index (χ1v) is 7.79. The van der Waals surface area contributed by atoms with Crippen LogP contribution in [0, 0.1) is 24.7 Å². The first kappa shape index (κ1) is 13.5. The second-order valence-corrected chi connectivity index (χ2v) is 6.59. The Kier molecular flexibility index (Phi) is 4.31. The van der Waals surface area contributed by atoms with Crippen molar-refractivity contribution < 1.29 is 0 Å². The van der Waals surface area contributed by atoms with E-state index in [2.05, 4.69) is 60.8 Å². The fourth-order valence-corrected chi connectivity index (χ4v) is 3.38. The number of rotatable bonds is 3. The van der Waals surface area contributed by atoms with Crippen LogP contribution in [0.15, 0.2) is 6.33 Å². The monoisotopic (exact) mass is 456 g/mol. The quantitative estimate of drug-likeness (QED) is 0.712. The minimum atomic E-state index is -0.598. The highest BCUT2D eigenvalue weighted by Crippen LogP contribution is 2.36. The van der Waals surface area contributed by atoms with E-state index in [1.807, 2.05) is 6.33 Å². The van der Waals surface area contributed by atoms with Crippen molar-refractivity contribution in [2.45, 2.75) is 37.8 Å². The molecule has 6 heteroatoms. The second-order valence-electron chi connectivity index (χ2n) is 4.55. The molecule has 1 aromatic heterocycles. The fourth-order valence-electron chi connectivity index (χ4n) is 2.45. The van der Waals surface area contributed by atoms with Crippen LogP contribution in [0.1, 0.15) is 25.7 Å². The molecule has 2 N–H and O–H groups in total. The molecular weight excluding hydrogens is 442 g/mol. The Labute approximate surface area is 128 Å². The molecule has 2 atom stereocenters. The third kappa shape index (κ3) is 2.76. The summed E-state index contributed by atoms with van der Waals surface area (Å²) in [4.78, 5) is 4.26. The van der Waals surface area contributed by atoms with Crippen molar-refractivity contribution in [1.82, 2.24) is 9.55 Å². The predicted octanol–water partition coefficient (Wildman–Crippen LogP) is 2.50. The number of imidazole rings is 1.